The number of halogens is 2. The number of hydrogen-bond acceptors (Lipinski definition) is 3. The van der Waals surface area contributed by atoms with E-state index >= 15 is 0 Å². The van der Waals surface area contributed by atoms with E-state index in [1.807, 2.05) is 30.5 Å². The molecule has 1 aromatic heterocycles. The summed E-state index contributed by atoms with van der Waals surface area (Å²) in [5.74, 6) is -0.299. The maximum Gasteiger partial charge on any atom is 0.263 e. The highest BCUT2D eigenvalue weighted by atomic mass is 35.5. The molecular formula is C23H19Cl2N3O3S. The second-order valence-corrected chi connectivity index (χ2v) is 9.62. The van der Waals surface area contributed by atoms with Crippen molar-refractivity contribution in [3.8, 4) is 0 Å². The van der Waals surface area contributed by atoms with Gasteiger partial charge < -0.3 is 10.3 Å². The number of H-pyrrole nitrogens is 1. The summed E-state index contributed by atoms with van der Waals surface area (Å²) in [6.45, 7) is 0.439. The van der Waals surface area contributed by atoms with E-state index in [1.54, 1.807) is 18.2 Å². The number of carbonyl (C=O) groups excluding carboxylic acids is 1. The Morgan fingerprint density at radius 3 is 2.62 bits per heavy atom. The van der Waals surface area contributed by atoms with Gasteiger partial charge in [-0.2, -0.15) is 0 Å². The van der Waals surface area contributed by atoms with Crippen LogP contribution in [0.2, 0.25) is 10.0 Å². The zero-order chi connectivity index (χ0) is 22.7. The second-order valence-electron chi connectivity index (χ2n) is 7.13. The fourth-order valence-corrected chi connectivity index (χ4v) is 5.18. The van der Waals surface area contributed by atoms with Gasteiger partial charge in [0.25, 0.3) is 15.9 Å². The Bertz CT molecular complexity index is 1400. The minimum atomic E-state index is -3.98. The van der Waals surface area contributed by atoms with Crippen molar-refractivity contribution in [2.75, 3.05) is 11.3 Å². The van der Waals surface area contributed by atoms with Crippen molar-refractivity contribution < 1.29 is 13.2 Å². The van der Waals surface area contributed by atoms with Gasteiger partial charge in [-0.05, 0) is 54.4 Å². The predicted molar refractivity (Wildman–Crippen MR) is 128 cm³/mol. The SMILES string of the molecule is O=C(NCCc1c[nH]c2ccccc12)c1cccc(NS(=O)(=O)c2cc(Cl)ccc2Cl)c1. The Kier molecular flexibility index (Phi) is 6.41. The first-order chi connectivity index (χ1) is 15.3. The number of aromatic amines is 1. The number of fused-ring (bicyclic) bond motifs is 1. The average molecular weight is 488 g/mol. The number of nitrogens with one attached hydrogen (secondary N) is 3. The summed E-state index contributed by atoms with van der Waals surface area (Å²) in [6, 6.07) is 18.4. The molecule has 0 atom stereocenters. The maximum absolute atomic E-state index is 12.7. The van der Waals surface area contributed by atoms with Crippen LogP contribution in [0.1, 0.15) is 15.9 Å². The van der Waals surface area contributed by atoms with Crippen molar-refractivity contribution in [1.82, 2.24) is 10.3 Å². The molecule has 6 nitrogen and oxygen atoms in total. The summed E-state index contributed by atoms with van der Waals surface area (Å²) in [6.07, 6.45) is 2.60. The minimum Gasteiger partial charge on any atom is -0.361 e. The van der Waals surface area contributed by atoms with Crippen LogP contribution in [0.3, 0.4) is 0 Å². The van der Waals surface area contributed by atoms with Gasteiger partial charge in [-0.1, -0.05) is 47.5 Å². The molecule has 1 amide bonds. The molecule has 4 rings (SSSR count). The first-order valence-electron chi connectivity index (χ1n) is 9.74. The zero-order valence-corrected chi connectivity index (χ0v) is 19.1. The normalized spacial score (nSPS) is 11.4. The van der Waals surface area contributed by atoms with Gasteiger partial charge >= 0.3 is 0 Å². The largest absolute Gasteiger partial charge is 0.361 e. The zero-order valence-electron chi connectivity index (χ0n) is 16.7. The lowest BCUT2D eigenvalue weighted by Crippen LogP contribution is -2.25. The fourth-order valence-electron chi connectivity index (χ4n) is 3.37. The summed E-state index contributed by atoms with van der Waals surface area (Å²) >= 11 is 11.9. The van der Waals surface area contributed by atoms with Crippen molar-refractivity contribution in [3.63, 3.8) is 0 Å². The standard InChI is InChI=1S/C23H19Cl2N3O3S/c24-17-8-9-20(25)22(13-17)32(30,31)28-18-5-3-4-15(12-18)23(29)26-11-10-16-14-27-21-7-2-1-6-19(16)21/h1-9,12-14,27-28H,10-11H2,(H,26,29). The lowest BCUT2D eigenvalue weighted by molar-refractivity contribution is 0.0954. The van der Waals surface area contributed by atoms with E-state index in [0.717, 1.165) is 16.5 Å². The van der Waals surface area contributed by atoms with Gasteiger partial charge in [0.1, 0.15) is 4.90 Å². The first kappa shape index (κ1) is 22.2. The second kappa shape index (κ2) is 9.24. The molecule has 0 saturated heterocycles. The van der Waals surface area contributed by atoms with Crippen molar-refractivity contribution in [2.24, 2.45) is 0 Å². The maximum atomic E-state index is 12.7. The number of sulfonamides is 1. The highest BCUT2D eigenvalue weighted by Gasteiger charge is 2.19. The van der Waals surface area contributed by atoms with Gasteiger partial charge in [-0.3, -0.25) is 9.52 Å². The molecule has 164 valence electrons. The molecule has 0 radical (unpaired) electrons. The van der Waals surface area contributed by atoms with Crippen LogP contribution in [-0.4, -0.2) is 25.9 Å². The summed E-state index contributed by atoms with van der Waals surface area (Å²) < 4.78 is 27.9. The highest BCUT2D eigenvalue weighted by molar-refractivity contribution is 7.92. The summed E-state index contributed by atoms with van der Waals surface area (Å²) in [7, 11) is -3.98. The van der Waals surface area contributed by atoms with Crippen LogP contribution in [0.15, 0.2) is 77.8 Å². The molecular weight excluding hydrogens is 469 g/mol. The molecule has 32 heavy (non-hydrogen) atoms. The third-order valence-electron chi connectivity index (χ3n) is 4.91. The van der Waals surface area contributed by atoms with E-state index in [-0.39, 0.29) is 26.5 Å². The number of rotatable bonds is 7. The highest BCUT2D eigenvalue weighted by Crippen LogP contribution is 2.27. The van der Waals surface area contributed by atoms with Gasteiger partial charge in [0.05, 0.1) is 5.02 Å². The van der Waals surface area contributed by atoms with Gasteiger partial charge in [0, 0.05) is 39.9 Å². The minimum absolute atomic E-state index is 0.0491. The summed E-state index contributed by atoms with van der Waals surface area (Å²) in [5, 5.41) is 4.29. The lowest BCUT2D eigenvalue weighted by atomic mass is 10.1. The number of hydrogen-bond donors (Lipinski definition) is 3. The van der Waals surface area contributed by atoms with Crippen LogP contribution in [0.4, 0.5) is 5.69 Å². The van der Waals surface area contributed by atoms with Gasteiger partial charge in [-0.15, -0.1) is 0 Å². The molecule has 0 fully saturated rings. The lowest BCUT2D eigenvalue weighted by Gasteiger charge is -2.11. The molecule has 4 aromatic rings. The van der Waals surface area contributed by atoms with Crippen LogP contribution >= 0.6 is 23.2 Å². The Morgan fingerprint density at radius 2 is 1.78 bits per heavy atom. The molecule has 0 saturated carbocycles. The number of anilines is 1. The van der Waals surface area contributed by atoms with E-state index in [1.165, 1.54) is 24.3 Å². The van der Waals surface area contributed by atoms with E-state index in [9.17, 15) is 13.2 Å². The Morgan fingerprint density at radius 1 is 0.969 bits per heavy atom. The molecule has 3 N–H and O–H groups in total. The first-order valence-corrected chi connectivity index (χ1v) is 12.0. The molecule has 0 aliphatic rings. The Labute approximate surface area is 195 Å². The van der Waals surface area contributed by atoms with Gasteiger partial charge in [0.15, 0.2) is 0 Å². The molecule has 3 aromatic carbocycles. The quantitative estimate of drug-likeness (QED) is 0.332. The predicted octanol–water partition coefficient (Wildman–Crippen LogP) is 5.25. The smallest absolute Gasteiger partial charge is 0.263 e. The van der Waals surface area contributed by atoms with Gasteiger partial charge in [-0.25, -0.2) is 8.42 Å². The molecule has 0 unspecified atom stereocenters. The van der Waals surface area contributed by atoms with Crippen LogP contribution in [0.25, 0.3) is 10.9 Å². The van der Waals surface area contributed by atoms with Crippen LogP contribution in [0, 0.1) is 0 Å². The monoisotopic (exact) mass is 487 g/mol. The van der Waals surface area contributed by atoms with Crippen molar-refractivity contribution in [2.45, 2.75) is 11.3 Å². The number of carbonyl (C=O) groups is 1. The molecule has 0 bridgehead atoms. The topological polar surface area (TPSA) is 91.1 Å². The molecule has 0 spiro atoms. The van der Waals surface area contributed by atoms with Gasteiger partial charge in [0.2, 0.25) is 0 Å². The third kappa shape index (κ3) is 4.91. The number of benzene rings is 3. The Balaban J connectivity index is 1.43. The van der Waals surface area contributed by atoms with Crippen molar-refractivity contribution in [3.05, 3.63) is 94.1 Å². The summed E-state index contributed by atoms with van der Waals surface area (Å²) in [5.41, 5.74) is 2.74. The number of para-hydroxylation sites is 1. The fraction of sp³-hybridized carbons (Fsp3) is 0.0870. The molecule has 0 aliphatic heterocycles. The van der Waals surface area contributed by atoms with E-state index < -0.39 is 10.0 Å². The third-order valence-corrected chi connectivity index (χ3v) is 7.01. The van der Waals surface area contributed by atoms with E-state index in [2.05, 4.69) is 15.0 Å². The average Bonchev–Trinajstić information content (AvgIpc) is 3.18. The van der Waals surface area contributed by atoms with Crippen LogP contribution < -0.4 is 10.0 Å². The number of amides is 1. The van der Waals surface area contributed by atoms with E-state index in [4.69, 9.17) is 23.2 Å². The number of aromatic nitrogens is 1. The van der Waals surface area contributed by atoms with Crippen molar-refractivity contribution >= 4 is 55.7 Å². The molecule has 0 aliphatic carbocycles. The van der Waals surface area contributed by atoms with E-state index in [0.29, 0.717) is 18.5 Å². The Hall–Kier alpha value is -3.00. The van der Waals surface area contributed by atoms with Crippen LogP contribution in [0.5, 0.6) is 0 Å². The molecule has 1 heterocycles. The summed E-state index contributed by atoms with van der Waals surface area (Å²) in [4.78, 5) is 15.7. The van der Waals surface area contributed by atoms with Crippen molar-refractivity contribution in [1.29, 1.82) is 0 Å². The molecule has 9 heteroatoms. The van der Waals surface area contributed by atoms with Crippen LogP contribution in [-0.2, 0) is 16.4 Å².